The quantitative estimate of drug-likeness (QED) is 0.433. The molecule has 0 unspecified atom stereocenters. The van der Waals surface area contributed by atoms with Gasteiger partial charge in [0.25, 0.3) is 0 Å². The first kappa shape index (κ1) is 18.8. The van der Waals surface area contributed by atoms with Gasteiger partial charge in [-0.05, 0) is 23.8 Å². The second-order valence-electron chi connectivity index (χ2n) is 6.84. The summed E-state index contributed by atoms with van der Waals surface area (Å²) in [5.41, 5.74) is 1.55. The zero-order chi connectivity index (χ0) is 18.7. The lowest BCUT2D eigenvalue weighted by Gasteiger charge is -2.16. The first-order valence-corrected chi connectivity index (χ1v) is 8.56. The summed E-state index contributed by atoms with van der Waals surface area (Å²) in [5, 5.41) is 0. The average molecular weight is 344 g/mol. The minimum atomic E-state index is -0.935. The molecule has 1 aliphatic heterocycles. The molecule has 1 aromatic rings. The van der Waals surface area contributed by atoms with E-state index in [1.807, 2.05) is 26.0 Å². The summed E-state index contributed by atoms with van der Waals surface area (Å²) >= 11 is 0. The Bertz CT molecular complexity index is 694. The average Bonchev–Trinajstić information content (AvgIpc) is 2.78. The van der Waals surface area contributed by atoms with Crippen LogP contribution in [-0.2, 0) is 9.59 Å². The number of carbonyl (C=O) groups is 4. The predicted octanol–water partition coefficient (Wildman–Crippen LogP) is 2.83. The van der Waals surface area contributed by atoms with E-state index in [9.17, 15) is 19.2 Å². The number of nitrogens with zero attached hydrogens (tertiary/aromatic N) is 2. The maximum Gasteiger partial charge on any atom is 0.334 e. The normalized spacial score (nSPS) is 16.1. The summed E-state index contributed by atoms with van der Waals surface area (Å²) in [4.78, 5) is 50.3. The van der Waals surface area contributed by atoms with Crippen LogP contribution in [-0.4, -0.2) is 46.5 Å². The fraction of sp³-hybridized carbons (Fsp3) is 0.474. The van der Waals surface area contributed by atoms with Crippen LogP contribution in [0.25, 0.3) is 0 Å². The van der Waals surface area contributed by atoms with Gasteiger partial charge in [-0.1, -0.05) is 52.0 Å². The largest absolute Gasteiger partial charge is 0.334 e. The molecule has 6 nitrogen and oxygen atoms in total. The Morgan fingerprint density at radius 2 is 1.52 bits per heavy atom. The molecule has 0 saturated carbocycles. The number of imide groups is 2. The fourth-order valence-corrected chi connectivity index (χ4v) is 2.68. The summed E-state index contributed by atoms with van der Waals surface area (Å²) in [6.07, 6.45) is 0.998. The van der Waals surface area contributed by atoms with Gasteiger partial charge in [-0.15, -0.1) is 0 Å². The Morgan fingerprint density at radius 1 is 0.960 bits per heavy atom. The van der Waals surface area contributed by atoms with Crippen molar-refractivity contribution in [2.45, 2.75) is 40.0 Å². The van der Waals surface area contributed by atoms with E-state index in [0.717, 1.165) is 21.8 Å². The molecule has 1 atom stereocenters. The van der Waals surface area contributed by atoms with Gasteiger partial charge < -0.3 is 0 Å². The molecule has 0 radical (unpaired) electrons. The molecular formula is C19H24N2O4. The van der Waals surface area contributed by atoms with Gasteiger partial charge in [-0.3, -0.25) is 19.3 Å². The number of Topliss-reactive ketones (excluding diaryl/α,β-unsaturated/α-hetero) is 1. The first-order valence-electron chi connectivity index (χ1n) is 8.56. The second-order valence-corrected chi connectivity index (χ2v) is 6.84. The molecule has 1 heterocycles. The van der Waals surface area contributed by atoms with E-state index in [4.69, 9.17) is 0 Å². The zero-order valence-corrected chi connectivity index (χ0v) is 15.1. The Morgan fingerprint density at radius 3 is 2.04 bits per heavy atom. The molecule has 1 aromatic carbocycles. The van der Waals surface area contributed by atoms with Crippen molar-refractivity contribution >= 4 is 23.6 Å². The maximum atomic E-state index is 12.4. The van der Waals surface area contributed by atoms with Crippen LogP contribution in [0.5, 0.6) is 0 Å². The second kappa shape index (κ2) is 7.59. The summed E-state index contributed by atoms with van der Waals surface area (Å²) in [6, 6.07) is 6.44. The third-order valence-electron chi connectivity index (χ3n) is 4.40. The van der Waals surface area contributed by atoms with Gasteiger partial charge >= 0.3 is 17.8 Å². The molecular weight excluding hydrogens is 320 g/mol. The molecule has 6 heteroatoms. The number of hydrogen-bond acceptors (Lipinski definition) is 4. The predicted molar refractivity (Wildman–Crippen MR) is 93.1 cm³/mol. The molecule has 1 saturated heterocycles. The van der Waals surface area contributed by atoms with E-state index in [1.165, 1.54) is 0 Å². The minimum Gasteiger partial charge on any atom is -0.292 e. The number of amides is 4. The van der Waals surface area contributed by atoms with E-state index in [-0.39, 0.29) is 18.2 Å². The van der Waals surface area contributed by atoms with Crippen molar-refractivity contribution in [3.8, 4) is 0 Å². The van der Waals surface area contributed by atoms with Crippen LogP contribution in [0.1, 0.15) is 56.0 Å². The van der Waals surface area contributed by atoms with Crippen molar-refractivity contribution in [3.05, 3.63) is 35.4 Å². The summed E-state index contributed by atoms with van der Waals surface area (Å²) in [6.45, 7) is 7.63. The Balaban J connectivity index is 2.11. The van der Waals surface area contributed by atoms with E-state index >= 15 is 0 Å². The summed E-state index contributed by atoms with van der Waals surface area (Å²) in [7, 11) is 0. The highest BCUT2D eigenvalue weighted by molar-refractivity contribution is 6.45. The molecule has 0 N–H and O–H groups in total. The van der Waals surface area contributed by atoms with Crippen molar-refractivity contribution in [2.24, 2.45) is 5.92 Å². The molecule has 25 heavy (non-hydrogen) atoms. The van der Waals surface area contributed by atoms with Crippen LogP contribution in [0.3, 0.4) is 0 Å². The van der Waals surface area contributed by atoms with Crippen molar-refractivity contribution in [1.29, 1.82) is 0 Å². The number of ketones is 1. The monoisotopic (exact) mass is 344 g/mol. The number of urea groups is 1. The highest BCUT2D eigenvalue weighted by atomic mass is 16.2. The molecule has 4 amide bonds. The Kier molecular flexibility index (Phi) is 5.72. The molecule has 0 spiro atoms. The number of benzene rings is 1. The van der Waals surface area contributed by atoms with E-state index < -0.39 is 24.4 Å². The lowest BCUT2D eigenvalue weighted by atomic mass is 9.97. The summed E-state index contributed by atoms with van der Waals surface area (Å²) < 4.78 is 0. The minimum absolute atomic E-state index is 0.0458. The topological polar surface area (TPSA) is 74.8 Å². The van der Waals surface area contributed by atoms with E-state index in [2.05, 4.69) is 13.8 Å². The smallest absolute Gasteiger partial charge is 0.292 e. The van der Waals surface area contributed by atoms with E-state index in [1.54, 1.807) is 12.1 Å². The number of hydrogen-bond donors (Lipinski definition) is 0. The van der Waals surface area contributed by atoms with E-state index in [0.29, 0.717) is 11.5 Å². The van der Waals surface area contributed by atoms with Gasteiger partial charge in [-0.2, -0.15) is 0 Å². The molecule has 0 bridgehead atoms. The van der Waals surface area contributed by atoms with Gasteiger partial charge in [0.2, 0.25) is 0 Å². The Hall–Kier alpha value is -2.50. The molecule has 0 aromatic heterocycles. The van der Waals surface area contributed by atoms with Gasteiger partial charge in [-0.25, -0.2) is 9.69 Å². The molecule has 1 fully saturated rings. The highest BCUT2D eigenvalue weighted by Crippen LogP contribution is 2.20. The van der Waals surface area contributed by atoms with Crippen molar-refractivity contribution in [3.63, 3.8) is 0 Å². The van der Waals surface area contributed by atoms with Crippen LogP contribution >= 0.6 is 0 Å². The van der Waals surface area contributed by atoms with Gasteiger partial charge in [0.05, 0.1) is 6.54 Å². The number of carbonyl (C=O) groups excluding carboxylic acids is 4. The third-order valence-corrected chi connectivity index (χ3v) is 4.40. The van der Waals surface area contributed by atoms with Crippen LogP contribution in [0, 0.1) is 5.92 Å². The first-order chi connectivity index (χ1) is 11.8. The third kappa shape index (κ3) is 3.95. The van der Waals surface area contributed by atoms with Crippen molar-refractivity contribution in [1.82, 2.24) is 9.80 Å². The highest BCUT2D eigenvalue weighted by Gasteiger charge is 2.45. The molecule has 2 rings (SSSR count). The molecule has 0 aliphatic carbocycles. The SMILES string of the molecule is CC[C@@H](C)c1ccc(C(=O)CN2C(=O)C(=O)N(CC(C)C)C2=O)cc1. The van der Waals surface area contributed by atoms with Gasteiger partial charge in [0.15, 0.2) is 5.78 Å². The lowest BCUT2D eigenvalue weighted by molar-refractivity contribution is -0.143. The zero-order valence-electron chi connectivity index (χ0n) is 15.1. The Labute approximate surface area is 147 Å². The maximum absolute atomic E-state index is 12.4. The van der Waals surface area contributed by atoms with Crippen LogP contribution in [0.15, 0.2) is 24.3 Å². The van der Waals surface area contributed by atoms with Gasteiger partial charge in [0, 0.05) is 12.1 Å². The number of rotatable bonds is 7. The van der Waals surface area contributed by atoms with Crippen LogP contribution in [0.4, 0.5) is 4.79 Å². The van der Waals surface area contributed by atoms with Crippen molar-refractivity contribution in [2.75, 3.05) is 13.1 Å². The molecule has 1 aliphatic rings. The fourth-order valence-electron chi connectivity index (χ4n) is 2.68. The van der Waals surface area contributed by atoms with Crippen LogP contribution in [0.2, 0.25) is 0 Å². The van der Waals surface area contributed by atoms with Crippen molar-refractivity contribution < 1.29 is 19.2 Å². The van der Waals surface area contributed by atoms with Crippen LogP contribution < -0.4 is 0 Å². The lowest BCUT2D eigenvalue weighted by Crippen LogP contribution is -2.38. The standard InChI is InChI=1S/C19H24N2O4/c1-5-13(4)14-6-8-15(9-7-14)16(22)11-21-18(24)17(23)20(19(21)25)10-12(2)3/h6-9,12-13H,5,10-11H2,1-4H3/t13-/m1/s1. The van der Waals surface area contributed by atoms with Gasteiger partial charge in [0.1, 0.15) is 0 Å². The molecule has 134 valence electrons. The summed E-state index contributed by atoms with van der Waals surface area (Å²) in [5.74, 6) is -1.72.